The van der Waals surface area contributed by atoms with Gasteiger partial charge in [-0.3, -0.25) is 4.79 Å². The number of nitrogens with zero attached hydrogens (tertiary/aromatic N) is 3. The van der Waals surface area contributed by atoms with Gasteiger partial charge in [0.05, 0.1) is 16.9 Å². The molecule has 7 nitrogen and oxygen atoms in total. The van der Waals surface area contributed by atoms with E-state index in [0.717, 1.165) is 5.03 Å². The van der Waals surface area contributed by atoms with Crippen LogP contribution in [0.1, 0.15) is 18.4 Å². The fourth-order valence-corrected chi connectivity index (χ4v) is 5.08. The largest absolute Gasteiger partial charge is 0.355 e. The zero-order chi connectivity index (χ0) is 19.7. The van der Waals surface area contributed by atoms with Crippen LogP contribution in [-0.2, 0) is 14.8 Å². The number of sulfonamides is 1. The highest BCUT2D eigenvalue weighted by Crippen LogP contribution is 2.30. The highest BCUT2D eigenvalue weighted by Gasteiger charge is 2.34. The van der Waals surface area contributed by atoms with Gasteiger partial charge in [0.25, 0.3) is 10.0 Å². The van der Waals surface area contributed by atoms with E-state index in [9.17, 15) is 13.2 Å². The molecule has 0 atom stereocenters. The third-order valence-corrected chi connectivity index (χ3v) is 6.98. The number of hydrogen-bond acceptors (Lipinski definition) is 6. The number of amidine groups is 1. The predicted molar refractivity (Wildman–Crippen MR) is 109 cm³/mol. The van der Waals surface area contributed by atoms with Gasteiger partial charge in [0.2, 0.25) is 5.91 Å². The van der Waals surface area contributed by atoms with Crippen LogP contribution in [0.5, 0.6) is 0 Å². The lowest BCUT2D eigenvalue weighted by Crippen LogP contribution is -2.41. The molecule has 0 saturated carbocycles. The van der Waals surface area contributed by atoms with Gasteiger partial charge in [0.15, 0.2) is 5.84 Å². The molecule has 4 rings (SSSR count). The Morgan fingerprint density at radius 3 is 2.61 bits per heavy atom. The van der Waals surface area contributed by atoms with Crippen LogP contribution < -0.4 is 5.32 Å². The Kier molecular flexibility index (Phi) is 5.11. The second-order valence-electron chi connectivity index (χ2n) is 6.73. The fraction of sp³-hybridized carbons (Fsp3) is 0.316. The lowest BCUT2D eigenvalue weighted by molar-refractivity contribution is -0.120. The molecular formula is C19H20N4O3S2. The highest BCUT2D eigenvalue weighted by atomic mass is 32.2. The normalized spacial score (nSPS) is 18.5. The lowest BCUT2D eigenvalue weighted by Gasteiger charge is -2.32. The van der Waals surface area contributed by atoms with E-state index >= 15 is 0 Å². The second kappa shape index (κ2) is 7.56. The first-order valence-electron chi connectivity index (χ1n) is 8.98. The fourth-order valence-electron chi connectivity index (χ4n) is 3.49. The molecule has 1 fully saturated rings. The van der Waals surface area contributed by atoms with Gasteiger partial charge in [0.1, 0.15) is 4.90 Å². The first-order valence-corrected chi connectivity index (χ1v) is 11.6. The predicted octanol–water partition coefficient (Wildman–Crippen LogP) is 2.60. The third kappa shape index (κ3) is 3.64. The summed E-state index contributed by atoms with van der Waals surface area (Å²) in [4.78, 5) is 19.0. The average Bonchev–Trinajstić information content (AvgIpc) is 3.00. The van der Waals surface area contributed by atoms with E-state index in [-0.39, 0.29) is 16.7 Å². The summed E-state index contributed by atoms with van der Waals surface area (Å²) in [6.07, 6.45) is 4.90. The topological polar surface area (TPSA) is 91.7 Å². The summed E-state index contributed by atoms with van der Waals surface area (Å²) in [5, 5.41) is 3.82. The van der Waals surface area contributed by atoms with Crippen molar-refractivity contribution in [3.8, 4) is 0 Å². The number of pyridine rings is 1. The number of fused-ring (bicyclic) bond motifs is 1. The maximum Gasteiger partial charge on any atom is 0.285 e. The molecule has 0 aliphatic carbocycles. The van der Waals surface area contributed by atoms with Crippen molar-refractivity contribution >= 4 is 39.2 Å². The summed E-state index contributed by atoms with van der Waals surface area (Å²) in [7, 11) is -3.62. The molecule has 9 heteroatoms. The van der Waals surface area contributed by atoms with Crippen LogP contribution in [-0.4, -0.2) is 49.4 Å². The van der Waals surface area contributed by atoms with Crippen LogP contribution in [0.2, 0.25) is 0 Å². The summed E-state index contributed by atoms with van der Waals surface area (Å²) in [6.45, 7) is 1.18. The first-order chi connectivity index (χ1) is 13.5. The van der Waals surface area contributed by atoms with Crippen LogP contribution in [0.3, 0.4) is 0 Å². The number of hydrogen-bond donors (Lipinski definition) is 1. The molecular weight excluding hydrogens is 396 g/mol. The number of anilines is 1. The first kappa shape index (κ1) is 18.9. The molecule has 28 heavy (non-hydrogen) atoms. The summed E-state index contributed by atoms with van der Waals surface area (Å²) in [5.41, 5.74) is 1.33. The van der Waals surface area contributed by atoms with Gasteiger partial charge in [-0.1, -0.05) is 12.1 Å². The Balaban J connectivity index is 1.40. The molecule has 2 aliphatic heterocycles. The summed E-state index contributed by atoms with van der Waals surface area (Å²) in [6, 6.07) is 10.6. The van der Waals surface area contributed by atoms with Crippen molar-refractivity contribution in [1.29, 1.82) is 0 Å². The summed E-state index contributed by atoms with van der Waals surface area (Å²) in [5.74, 6) is 0.344. The smallest absolute Gasteiger partial charge is 0.285 e. The minimum Gasteiger partial charge on any atom is -0.355 e. The number of rotatable bonds is 3. The zero-order valence-corrected chi connectivity index (χ0v) is 17.0. The van der Waals surface area contributed by atoms with Gasteiger partial charge < -0.3 is 10.2 Å². The Morgan fingerprint density at radius 1 is 1.18 bits per heavy atom. The number of likely N-dealkylation sites (tertiary alicyclic amines) is 1. The van der Waals surface area contributed by atoms with E-state index in [1.54, 1.807) is 36.2 Å². The van der Waals surface area contributed by atoms with E-state index in [2.05, 4.69) is 14.7 Å². The third-order valence-electron chi connectivity index (χ3n) is 4.99. The van der Waals surface area contributed by atoms with Crippen LogP contribution in [0.25, 0.3) is 0 Å². The maximum absolute atomic E-state index is 12.6. The lowest BCUT2D eigenvalue weighted by atomic mass is 9.95. The number of carbonyl (C=O) groups is 1. The Hall–Kier alpha value is -2.39. The SMILES string of the molecule is CSc1ccc(NC(=O)C2CCN(C3=NS(=O)(=O)c4ccccc43)CC2)cn1. The standard InChI is InChI=1S/C19H20N4O3S2/c1-27-17-7-6-14(12-20-17)21-19(24)13-8-10-23(11-9-13)18-15-4-2-3-5-16(15)28(25,26)22-18/h2-7,12-13H,8-11H2,1H3,(H,21,24). The van der Waals surface area contributed by atoms with Crippen LogP contribution in [0, 0.1) is 5.92 Å². The molecule has 1 amide bonds. The molecule has 1 saturated heterocycles. The molecule has 1 aromatic heterocycles. The number of benzene rings is 1. The molecule has 2 aliphatic rings. The van der Waals surface area contributed by atoms with Crippen LogP contribution in [0.4, 0.5) is 5.69 Å². The van der Waals surface area contributed by atoms with Crippen molar-refractivity contribution < 1.29 is 13.2 Å². The molecule has 2 aromatic rings. The van der Waals surface area contributed by atoms with E-state index in [1.165, 1.54) is 0 Å². The molecule has 1 aromatic carbocycles. The van der Waals surface area contributed by atoms with Gasteiger partial charge in [0, 0.05) is 24.6 Å². The number of thioether (sulfide) groups is 1. The van der Waals surface area contributed by atoms with Gasteiger partial charge in [-0.15, -0.1) is 16.2 Å². The van der Waals surface area contributed by atoms with E-state index in [4.69, 9.17) is 0 Å². The molecule has 0 bridgehead atoms. The number of piperidine rings is 1. The Morgan fingerprint density at radius 2 is 1.93 bits per heavy atom. The van der Waals surface area contributed by atoms with Crippen molar-refractivity contribution in [2.75, 3.05) is 24.7 Å². The molecule has 0 radical (unpaired) electrons. The van der Waals surface area contributed by atoms with E-state index in [1.807, 2.05) is 29.4 Å². The van der Waals surface area contributed by atoms with Crippen molar-refractivity contribution in [2.24, 2.45) is 10.3 Å². The number of carbonyl (C=O) groups excluding carboxylic acids is 1. The molecule has 0 unspecified atom stereocenters. The van der Waals surface area contributed by atoms with Crippen molar-refractivity contribution in [3.05, 3.63) is 48.2 Å². The minimum absolute atomic E-state index is 0.0280. The number of nitrogens with one attached hydrogen (secondary N) is 1. The second-order valence-corrected chi connectivity index (χ2v) is 9.12. The van der Waals surface area contributed by atoms with E-state index in [0.29, 0.717) is 43.0 Å². The number of aromatic nitrogens is 1. The van der Waals surface area contributed by atoms with Crippen molar-refractivity contribution in [1.82, 2.24) is 9.88 Å². The minimum atomic E-state index is -3.62. The van der Waals surface area contributed by atoms with Crippen LogP contribution >= 0.6 is 11.8 Å². The van der Waals surface area contributed by atoms with Gasteiger partial charge >= 0.3 is 0 Å². The zero-order valence-electron chi connectivity index (χ0n) is 15.3. The average molecular weight is 417 g/mol. The van der Waals surface area contributed by atoms with Crippen molar-refractivity contribution in [3.63, 3.8) is 0 Å². The molecule has 146 valence electrons. The summed E-state index contributed by atoms with van der Waals surface area (Å²) >= 11 is 1.55. The van der Waals surface area contributed by atoms with Gasteiger partial charge in [-0.25, -0.2) is 4.98 Å². The molecule has 0 spiro atoms. The van der Waals surface area contributed by atoms with Crippen LogP contribution in [0.15, 0.2) is 56.9 Å². The van der Waals surface area contributed by atoms with Gasteiger partial charge in [-0.05, 0) is 43.4 Å². The Bertz CT molecular complexity index is 1030. The summed E-state index contributed by atoms with van der Waals surface area (Å²) < 4.78 is 28.5. The van der Waals surface area contributed by atoms with Gasteiger partial charge in [-0.2, -0.15) is 8.42 Å². The number of amides is 1. The maximum atomic E-state index is 12.6. The Labute approximate surface area is 168 Å². The molecule has 1 N–H and O–H groups in total. The molecule has 3 heterocycles. The highest BCUT2D eigenvalue weighted by molar-refractivity contribution is 7.98. The van der Waals surface area contributed by atoms with E-state index < -0.39 is 10.0 Å². The van der Waals surface area contributed by atoms with Crippen molar-refractivity contribution in [2.45, 2.75) is 22.8 Å². The monoisotopic (exact) mass is 416 g/mol. The quantitative estimate of drug-likeness (QED) is 0.774.